The van der Waals surface area contributed by atoms with Crippen LogP contribution in [0.25, 0.3) is 6.08 Å². The highest BCUT2D eigenvalue weighted by molar-refractivity contribution is 6.20. The fourth-order valence-corrected chi connectivity index (χ4v) is 1.99. The van der Waals surface area contributed by atoms with E-state index in [2.05, 4.69) is 5.32 Å². The summed E-state index contributed by atoms with van der Waals surface area (Å²) >= 11 is 0. The van der Waals surface area contributed by atoms with Crippen molar-refractivity contribution in [3.8, 4) is 0 Å². The molecule has 88 valence electrons. The van der Waals surface area contributed by atoms with Crippen molar-refractivity contribution in [2.24, 2.45) is 0 Å². The van der Waals surface area contributed by atoms with Gasteiger partial charge in [0.1, 0.15) is 5.82 Å². The number of hydrogen-bond acceptors (Lipinski definition) is 2. The summed E-state index contributed by atoms with van der Waals surface area (Å²) in [5, 5.41) is 3.00. The van der Waals surface area contributed by atoms with Gasteiger partial charge in [0.2, 0.25) is 5.78 Å². The van der Waals surface area contributed by atoms with Crippen LogP contribution in [0.1, 0.15) is 15.9 Å². The summed E-state index contributed by atoms with van der Waals surface area (Å²) in [6.07, 6.45) is 1.54. The monoisotopic (exact) mass is 239 g/mol. The zero-order valence-electron chi connectivity index (χ0n) is 9.48. The first-order valence-electron chi connectivity index (χ1n) is 5.63. The summed E-state index contributed by atoms with van der Waals surface area (Å²) in [6, 6.07) is 13.6. The lowest BCUT2D eigenvalue weighted by atomic mass is 10.1. The van der Waals surface area contributed by atoms with Gasteiger partial charge in [0, 0.05) is 16.8 Å². The minimum absolute atomic E-state index is 0.103. The van der Waals surface area contributed by atoms with Gasteiger partial charge in [-0.25, -0.2) is 4.39 Å². The molecule has 18 heavy (non-hydrogen) atoms. The average Bonchev–Trinajstić information content (AvgIpc) is 2.70. The molecule has 1 aliphatic rings. The number of carbonyl (C=O) groups excluding carboxylic acids is 1. The van der Waals surface area contributed by atoms with Crippen molar-refractivity contribution in [1.82, 2.24) is 0 Å². The highest BCUT2D eigenvalue weighted by Gasteiger charge is 2.23. The Hall–Kier alpha value is -2.42. The molecular formula is C15H10FNO. The summed E-state index contributed by atoms with van der Waals surface area (Å²) in [6.45, 7) is 0. The van der Waals surface area contributed by atoms with Crippen molar-refractivity contribution in [3.63, 3.8) is 0 Å². The fourth-order valence-electron chi connectivity index (χ4n) is 1.99. The first-order chi connectivity index (χ1) is 8.75. The maximum atomic E-state index is 13.5. The zero-order chi connectivity index (χ0) is 12.5. The Labute approximate surface area is 104 Å². The Kier molecular flexibility index (Phi) is 2.45. The maximum Gasteiger partial charge on any atom is 0.211 e. The molecule has 0 unspecified atom stereocenters. The Morgan fingerprint density at radius 2 is 1.72 bits per heavy atom. The molecule has 2 aromatic carbocycles. The normalized spacial score (nSPS) is 15.6. The summed E-state index contributed by atoms with van der Waals surface area (Å²) in [7, 11) is 0. The molecule has 3 heteroatoms. The standard InChI is InChI=1S/C15H10FNO/c16-12-7-3-1-5-10(12)9-14-15(18)11-6-2-4-8-13(11)17-14/h1-9,17H/b14-9+. The van der Waals surface area contributed by atoms with E-state index in [4.69, 9.17) is 0 Å². The Bertz CT molecular complexity index is 661. The van der Waals surface area contributed by atoms with Gasteiger partial charge in [-0.05, 0) is 24.3 Å². The van der Waals surface area contributed by atoms with Crippen LogP contribution < -0.4 is 5.32 Å². The number of fused-ring (bicyclic) bond motifs is 1. The molecule has 0 saturated heterocycles. The van der Waals surface area contributed by atoms with E-state index in [0.29, 0.717) is 16.8 Å². The van der Waals surface area contributed by atoms with Crippen molar-refractivity contribution in [3.05, 3.63) is 71.2 Å². The van der Waals surface area contributed by atoms with Crippen molar-refractivity contribution < 1.29 is 9.18 Å². The molecule has 0 radical (unpaired) electrons. The van der Waals surface area contributed by atoms with E-state index in [1.807, 2.05) is 18.2 Å². The van der Waals surface area contributed by atoms with Crippen LogP contribution >= 0.6 is 0 Å². The predicted molar refractivity (Wildman–Crippen MR) is 68.8 cm³/mol. The van der Waals surface area contributed by atoms with Crippen molar-refractivity contribution in [1.29, 1.82) is 0 Å². The molecule has 2 nitrogen and oxygen atoms in total. The third-order valence-corrected chi connectivity index (χ3v) is 2.89. The van der Waals surface area contributed by atoms with Gasteiger partial charge in [-0.3, -0.25) is 4.79 Å². The van der Waals surface area contributed by atoms with Crippen LogP contribution in [0.15, 0.2) is 54.2 Å². The molecule has 0 aliphatic carbocycles. The molecule has 0 amide bonds. The molecule has 0 bridgehead atoms. The smallest absolute Gasteiger partial charge is 0.211 e. The maximum absolute atomic E-state index is 13.5. The number of hydrogen-bond donors (Lipinski definition) is 1. The van der Waals surface area contributed by atoms with Gasteiger partial charge < -0.3 is 5.32 Å². The number of halogens is 1. The van der Waals surface area contributed by atoms with Crippen LogP contribution in [0.4, 0.5) is 10.1 Å². The zero-order valence-corrected chi connectivity index (χ0v) is 9.48. The first kappa shape index (κ1) is 10.7. The Balaban J connectivity index is 2.02. The fraction of sp³-hybridized carbons (Fsp3) is 0. The lowest BCUT2D eigenvalue weighted by molar-refractivity contribution is 0.104. The number of allylic oxidation sites excluding steroid dienone is 1. The summed E-state index contributed by atoms with van der Waals surface area (Å²) in [4.78, 5) is 12.1. The van der Waals surface area contributed by atoms with Crippen LogP contribution in [0.2, 0.25) is 0 Å². The third kappa shape index (κ3) is 1.70. The lowest BCUT2D eigenvalue weighted by Crippen LogP contribution is -2.00. The second-order valence-electron chi connectivity index (χ2n) is 4.08. The van der Waals surface area contributed by atoms with E-state index in [-0.39, 0.29) is 11.6 Å². The molecule has 3 rings (SSSR count). The number of para-hydroxylation sites is 1. The van der Waals surface area contributed by atoms with E-state index < -0.39 is 0 Å². The van der Waals surface area contributed by atoms with E-state index >= 15 is 0 Å². The number of carbonyl (C=O) groups is 1. The van der Waals surface area contributed by atoms with E-state index in [1.54, 1.807) is 24.3 Å². The molecule has 0 spiro atoms. The average molecular weight is 239 g/mol. The van der Waals surface area contributed by atoms with Gasteiger partial charge in [-0.15, -0.1) is 0 Å². The van der Waals surface area contributed by atoms with Crippen LogP contribution in [0, 0.1) is 5.82 Å². The molecule has 0 saturated carbocycles. The molecule has 2 aromatic rings. The highest BCUT2D eigenvalue weighted by Crippen LogP contribution is 2.28. The number of Topliss-reactive ketones (excluding diaryl/α,β-unsaturated/α-hetero) is 1. The number of nitrogens with one attached hydrogen (secondary N) is 1. The number of rotatable bonds is 1. The highest BCUT2D eigenvalue weighted by atomic mass is 19.1. The minimum Gasteiger partial charge on any atom is -0.352 e. The predicted octanol–water partition coefficient (Wildman–Crippen LogP) is 3.48. The van der Waals surface area contributed by atoms with Crippen LogP contribution in [0.5, 0.6) is 0 Å². The summed E-state index contributed by atoms with van der Waals surface area (Å²) in [5.41, 5.74) is 2.20. The van der Waals surface area contributed by atoms with Crippen LogP contribution in [0.3, 0.4) is 0 Å². The minimum atomic E-state index is -0.337. The SMILES string of the molecule is O=C1/C(=C\c2ccccc2F)Nc2ccccc21. The van der Waals surface area contributed by atoms with Gasteiger partial charge in [0.05, 0.1) is 5.70 Å². The van der Waals surface area contributed by atoms with E-state index in [9.17, 15) is 9.18 Å². The number of benzene rings is 2. The molecule has 0 atom stereocenters. The summed E-state index contributed by atoms with van der Waals surface area (Å²) in [5.74, 6) is -0.440. The first-order valence-corrected chi connectivity index (χ1v) is 5.63. The Morgan fingerprint density at radius 1 is 1.00 bits per heavy atom. The van der Waals surface area contributed by atoms with Crippen molar-refractivity contribution >= 4 is 17.5 Å². The van der Waals surface area contributed by atoms with Gasteiger partial charge in [-0.2, -0.15) is 0 Å². The third-order valence-electron chi connectivity index (χ3n) is 2.89. The second kappa shape index (κ2) is 4.11. The number of ketones is 1. The lowest BCUT2D eigenvalue weighted by Gasteiger charge is -1.99. The quantitative estimate of drug-likeness (QED) is 0.772. The molecule has 1 aliphatic heterocycles. The summed E-state index contributed by atoms with van der Waals surface area (Å²) < 4.78 is 13.5. The van der Waals surface area contributed by atoms with Crippen LogP contribution in [-0.2, 0) is 0 Å². The van der Waals surface area contributed by atoms with Gasteiger partial charge in [0.15, 0.2) is 0 Å². The largest absolute Gasteiger partial charge is 0.352 e. The van der Waals surface area contributed by atoms with Gasteiger partial charge in [0.25, 0.3) is 0 Å². The molecule has 1 heterocycles. The van der Waals surface area contributed by atoms with Gasteiger partial charge >= 0.3 is 0 Å². The molecular weight excluding hydrogens is 229 g/mol. The van der Waals surface area contributed by atoms with Crippen molar-refractivity contribution in [2.75, 3.05) is 5.32 Å². The topological polar surface area (TPSA) is 29.1 Å². The van der Waals surface area contributed by atoms with E-state index in [0.717, 1.165) is 5.69 Å². The molecule has 0 aromatic heterocycles. The number of anilines is 1. The second-order valence-corrected chi connectivity index (χ2v) is 4.08. The van der Waals surface area contributed by atoms with Gasteiger partial charge in [-0.1, -0.05) is 30.3 Å². The molecule has 0 fully saturated rings. The van der Waals surface area contributed by atoms with Crippen molar-refractivity contribution in [2.45, 2.75) is 0 Å². The Morgan fingerprint density at radius 3 is 2.50 bits per heavy atom. The van der Waals surface area contributed by atoms with Crippen LogP contribution in [-0.4, -0.2) is 5.78 Å². The molecule has 1 N–H and O–H groups in total. The van der Waals surface area contributed by atoms with E-state index in [1.165, 1.54) is 12.1 Å².